The molecule has 1 amide bonds. The lowest BCUT2D eigenvalue weighted by Crippen LogP contribution is -2.43. The molecule has 1 unspecified atom stereocenters. The molecular weight excluding hydrogens is 286 g/mol. The highest BCUT2D eigenvalue weighted by atomic mass is 32.2. The van der Waals surface area contributed by atoms with Gasteiger partial charge in [-0.3, -0.25) is 9.69 Å². The minimum Gasteiger partial charge on any atom is -0.480 e. The van der Waals surface area contributed by atoms with Crippen LogP contribution in [0.1, 0.15) is 19.1 Å². The van der Waals surface area contributed by atoms with E-state index in [1.807, 2.05) is 0 Å². The Balaban J connectivity index is 2.28. The third-order valence-corrected chi connectivity index (χ3v) is 3.95. The first-order chi connectivity index (χ1) is 9.04. The number of thioether (sulfide) groups is 1. The number of amides is 1. The maximum absolute atomic E-state index is 12.2. The molecule has 1 aliphatic heterocycles. The number of carbonyl (C=O) groups excluding carboxylic acids is 1. The molecule has 1 saturated heterocycles. The molecule has 5 nitrogen and oxygen atoms in total. The summed E-state index contributed by atoms with van der Waals surface area (Å²) in [6.07, 6.45) is 3.36. The number of carbonyl (C=O) groups is 2. The molecule has 2 heterocycles. The van der Waals surface area contributed by atoms with Crippen LogP contribution in [0.25, 0.3) is 6.08 Å². The quantitative estimate of drug-likeness (QED) is 0.679. The van der Waals surface area contributed by atoms with Crippen molar-refractivity contribution in [2.75, 3.05) is 0 Å². The lowest BCUT2D eigenvalue weighted by molar-refractivity contribution is -0.145. The second-order valence-electron chi connectivity index (χ2n) is 3.83. The van der Waals surface area contributed by atoms with E-state index in [9.17, 15) is 9.59 Å². The number of aliphatic carboxylic acids is 1. The number of hydrogen-bond donors (Lipinski definition) is 1. The standard InChI is InChI=1S/C12H11NO4S2/c1-2-8(11(15)16)13-10(14)9(19-12(13)18)6-7-4-3-5-17-7/h3-6,8H,2H2,1H3,(H,15,16)/b9-6-. The molecule has 19 heavy (non-hydrogen) atoms. The van der Waals surface area contributed by atoms with E-state index in [0.717, 1.165) is 16.7 Å². The molecule has 100 valence electrons. The monoisotopic (exact) mass is 297 g/mol. The molecular formula is C12H11NO4S2. The van der Waals surface area contributed by atoms with Crippen LogP contribution < -0.4 is 0 Å². The van der Waals surface area contributed by atoms with Crippen molar-refractivity contribution >= 4 is 46.3 Å². The number of carboxylic acid groups (broad SMARTS) is 1. The summed E-state index contributed by atoms with van der Waals surface area (Å²) in [7, 11) is 0. The maximum Gasteiger partial charge on any atom is 0.326 e. The fourth-order valence-electron chi connectivity index (χ4n) is 1.72. The van der Waals surface area contributed by atoms with Gasteiger partial charge in [0.2, 0.25) is 0 Å². The molecule has 0 spiro atoms. The Morgan fingerprint density at radius 1 is 1.68 bits per heavy atom. The minimum atomic E-state index is -1.06. The van der Waals surface area contributed by atoms with E-state index >= 15 is 0 Å². The van der Waals surface area contributed by atoms with Crippen LogP contribution in [0.4, 0.5) is 0 Å². The molecule has 1 aromatic heterocycles. The molecule has 2 rings (SSSR count). The molecule has 0 radical (unpaired) electrons. The zero-order valence-electron chi connectivity index (χ0n) is 10.0. The minimum absolute atomic E-state index is 0.261. The van der Waals surface area contributed by atoms with Crippen molar-refractivity contribution in [3.05, 3.63) is 29.1 Å². The van der Waals surface area contributed by atoms with Crippen molar-refractivity contribution in [1.82, 2.24) is 4.90 Å². The summed E-state index contributed by atoms with van der Waals surface area (Å²) in [5.74, 6) is -0.914. The molecule has 1 atom stereocenters. The van der Waals surface area contributed by atoms with Gasteiger partial charge in [-0.15, -0.1) is 0 Å². The van der Waals surface area contributed by atoms with Crippen molar-refractivity contribution in [2.24, 2.45) is 0 Å². The second-order valence-corrected chi connectivity index (χ2v) is 5.51. The van der Waals surface area contributed by atoms with E-state index in [1.54, 1.807) is 25.1 Å². The van der Waals surface area contributed by atoms with Crippen LogP contribution in [0.15, 0.2) is 27.7 Å². The van der Waals surface area contributed by atoms with Crippen LogP contribution in [-0.2, 0) is 9.59 Å². The van der Waals surface area contributed by atoms with Crippen molar-refractivity contribution in [3.63, 3.8) is 0 Å². The predicted octanol–water partition coefficient (Wildman–Crippen LogP) is 2.34. The molecule has 1 fully saturated rings. The van der Waals surface area contributed by atoms with Gasteiger partial charge in [0.15, 0.2) is 0 Å². The molecule has 7 heteroatoms. The van der Waals surface area contributed by atoms with Crippen molar-refractivity contribution < 1.29 is 19.1 Å². The first-order valence-corrected chi connectivity index (χ1v) is 6.80. The summed E-state index contributed by atoms with van der Waals surface area (Å²) in [6.45, 7) is 1.70. The van der Waals surface area contributed by atoms with Gasteiger partial charge in [0.25, 0.3) is 5.91 Å². The molecule has 1 N–H and O–H groups in total. The number of hydrogen-bond acceptors (Lipinski definition) is 5. The topological polar surface area (TPSA) is 70.8 Å². The summed E-state index contributed by atoms with van der Waals surface area (Å²) in [5.41, 5.74) is 0. The SMILES string of the molecule is CCC(C(=O)O)N1C(=O)/C(=C/c2ccco2)SC1=S. The third-order valence-electron chi connectivity index (χ3n) is 2.62. The van der Waals surface area contributed by atoms with Gasteiger partial charge in [0.05, 0.1) is 11.2 Å². The fraction of sp³-hybridized carbons (Fsp3) is 0.250. The number of furan rings is 1. The molecule has 1 aromatic rings. The van der Waals surface area contributed by atoms with Crippen LogP contribution in [-0.4, -0.2) is 32.2 Å². The molecule has 1 aliphatic rings. The van der Waals surface area contributed by atoms with E-state index in [2.05, 4.69) is 0 Å². The normalized spacial score (nSPS) is 19.2. The van der Waals surface area contributed by atoms with E-state index < -0.39 is 12.0 Å². The zero-order valence-corrected chi connectivity index (χ0v) is 11.7. The summed E-state index contributed by atoms with van der Waals surface area (Å²) in [5, 5.41) is 9.11. The molecule has 0 bridgehead atoms. The Labute approximate surface area is 119 Å². The first kappa shape index (κ1) is 13.8. The first-order valence-electron chi connectivity index (χ1n) is 5.58. The molecule has 0 saturated carbocycles. The van der Waals surface area contributed by atoms with Gasteiger partial charge in [0.1, 0.15) is 16.1 Å². The predicted molar refractivity (Wildman–Crippen MR) is 75.4 cm³/mol. The summed E-state index contributed by atoms with van der Waals surface area (Å²) in [4.78, 5) is 24.8. The Hall–Kier alpha value is -1.60. The van der Waals surface area contributed by atoms with Crippen molar-refractivity contribution in [1.29, 1.82) is 0 Å². The lowest BCUT2D eigenvalue weighted by Gasteiger charge is -2.21. The van der Waals surface area contributed by atoms with Crippen LogP contribution in [0.2, 0.25) is 0 Å². The Kier molecular flexibility index (Phi) is 4.06. The highest BCUT2D eigenvalue weighted by molar-refractivity contribution is 8.26. The highest BCUT2D eigenvalue weighted by Crippen LogP contribution is 2.34. The number of rotatable bonds is 4. The average Bonchev–Trinajstić information content (AvgIpc) is 2.94. The smallest absolute Gasteiger partial charge is 0.326 e. The summed E-state index contributed by atoms with van der Waals surface area (Å²) >= 11 is 6.17. The van der Waals surface area contributed by atoms with Gasteiger partial charge in [-0.25, -0.2) is 4.79 Å². The van der Waals surface area contributed by atoms with Crippen LogP contribution in [0.3, 0.4) is 0 Å². The van der Waals surface area contributed by atoms with Gasteiger partial charge >= 0.3 is 5.97 Å². The van der Waals surface area contributed by atoms with Gasteiger partial charge < -0.3 is 9.52 Å². The van der Waals surface area contributed by atoms with Crippen LogP contribution in [0, 0.1) is 0 Å². The maximum atomic E-state index is 12.2. The highest BCUT2D eigenvalue weighted by Gasteiger charge is 2.39. The third kappa shape index (κ3) is 2.71. The summed E-state index contributed by atoms with van der Waals surface area (Å²) < 4.78 is 5.39. The van der Waals surface area contributed by atoms with Gasteiger partial charge in [-0.05, 0) is 18.6 Å². The number of carboxylic acids is 1. The van der Waals surface area contributed by atoms with E-state index in [1.165, 1.54) is 6.26 Å². The van der Waals surface area contributed by atoms with Crippen molar-refractivity contribution in [3.8, 4) is 0 Å². The van der Waals surface area contributed by atoms with Crippen LogP contribution in [0.5, 0.6) is 0 Å². The average molecular weight is 297 g/mol. The lowest BCUT2D eigenvalue weighted by atomic mass is 10.2. The second kappa shape index (κ2) is 5.58. The van der Waals surface area contributed by atoms with Crippen LogP contribution >= 0.6 is 24.0 Å². The Bertz CT molecular complexity index is 550. The number of thiocarbonyl (C=S) groups is 1. The van der Waals surface area contributed by atoms with E-state index in [4.69, 9.17) is 21.7 Å². The van der Waals surface area contributed by atoms with Gasteiger partial charge in [-0.2, -0.15) is 0 Å². The largest absolute Gasteiger partial charge is 0.480 e. The van der Waals surface area contributed by atoms with Crippen molar-refractivity contribution in [2.45, 2.75) is 19.4 Å². The van der Waals surface area contributed by atoms with E-state index in [-0.39, 0.29) is 10.2 Å². The zero-order chi connectivity index (χ0) is 14.0. The Morgan fingerprint density at radius 3 is 2.95 bits per heavy atom. The molecule has 0 aromatic carbocycles. The Morgan fingerprint density at radius 2 is 2.42 bits per heavy atom. The number of nitrogens with zero attached hydrogens (tertiary/aromatic N) is 1. The molecule has 0 aliphatic carbocycles. The van der Waals surface area contributed by atoms with Gasteiger partial charge in [0, 0.05) is 6.08 Å². The summed E-state index contributed by atoms with van der Waals surface area (Å²) in [6, 6.07) is 2.50. The fourth-order valence-corrected chi connectivity index (χ4v) is 3.06. The van der Waals surface area contributed by atoms with E-state index in [0.29, 0.717) is 17.1 Å². The van der Waals surface area contributed by atoms with Gasteiger partial charge in [-0.1, -0.05) is 30.9 Å².